The maximum absolute atomic E-state index is 12.2. The van der Waals surface area contributed by atoms with Crippen LogP contribution in [0.2, 0.25) is 0 Å². The molecular formula is C15H21N3O2. The SMILES string of the molecule is COCC(C)N(C)C(C)C(=O)Nc1ccccc1C#N. The minimum atomic E-state index is -0.313. The maximum atomic E-state index is 12.2. The monoisotopic (exact) mass is 275 g/mol. The molecule has 20 heavy (non-hydrogen) atoms. The van der Waals surface area contributed by atoms with Gasteiger partial charge in [-0.2, -0.15) is 5.26 Å². The first-order chi connectivity index (χ1) is 9.51. The van der Waals surface area contributed by atoms with Gasteiger partial charge in [0.2, 0.25) is 5.91 Å². The zero-order chi connectivity index (χ0) is 15.1. The summed E-state index contributed by atoms with van der Waals surface area (Å²) in [5.41, 5.74) is 1.00. The number of rotatable bonds is 6. The van der Waals surface area contributed by atoms with Crippen LogP contribution in [0.3, 0.4) is 0 Å². The Kier molecular flexibility index (Phi) is 6.16. The van der Waals surface area contributed by atoms with E-state index in [1.807, 2.05) is 25.8 Å². The molecule has 2 atom stereocenters. The summed E-state index contributed by atoms with van der Waals surface area (Å²) < 4.78 is 5.09. The highest BCUT2D eigenvalue weighted by atomic mass is 16.5. The van der Waals surface area contributed by atoms with Gasteiger partial charge in [0.15, 0.2) is 0 Å². The molecule has 0 saturated heterocycles. The summed E-state index contributed by atoms with van der Waals surface area (Å²) in [4.78, 5) is 14.2. The smallest absolute Gasteiger partial charge is 0.241 e. The highest BCUT2D eigenvalue weighted by molar-refractivity contribution is 5.95. The normalized spacial score (nSPS) is 13.6. The molecule has 0 aliphatic rings. The predicted octanol–water partition coefficient (Wildman–Crippen LogP) is 1.85. The fourth-order valence-corrected chi connectivity index (χ4v) is 1.85. The number of amides is 1. The van der Waals surface area contributed by atoms with Crippen LogP contribution in [0.15, 0.2) is 24.3 Å². The molecule has 1 amide bonds. The van der Waals surface area contributed by atoms with Crippen molar-refractivity contribution in [1.29, 1.82) is 5.26 Å². The Labute approximate surface area is 120 Å². The fourth-order valence-electron chi connectivity index (χ4n) is 1.85. The minimum absolute atomic E-state index is 0.131. The van der Waals surface area contributed by atoms with Gasteiger partial charge in [0.05, 0.1) is 23.9 Å². The van der Waals surface area contributed by atoms with Crippen molar-refractivity contribution in [2.45, 2.75) is 25.9 Å². The van der Waals surface area contributed by atoms with Crippen molar-refractivity contribution in [2.75, 3.05) is 26.1 Å². The summed E-state index contributed by atoms with van der Waals surface area (Å²) in [7, 11) is 3.52. The summed E-state index contributed by atoms with van der Waals surface area (Å²) in [6.07, 6.45) is 0. The van der Waals surface area contributed by atoms with Gasteiger partial charge in [-0.15, -0.1) is 0 Å². The van der Waals surface area contributed by atoms with Crippen LogP contribution in [0.1, 0.15) is 19.4 Å². The van der Waals surface area contributed by atoms with Crippen LogP contribution in [0, 0.1) is 11.3 Å². The minimum Gasteiger partial charge on any atom is -0.383 e. The molecule has 0 saturated carbocycles. The summed E-state index contributed by atoms with van der Waals surface area (Å²) in [6.45, 7) is 4.38. The van der Waals surface area contributed by atoms with E-state index in [0.29, 0.717) is 17.9 Å². The zero-order valence-corrected chi connectivity index (χ0v) is 12.4. The maximum Gasteiger partial charge on any atom is 0.241 e. The Hall–Kier alpha value is -1.90. The molecule has 5 nitrogen and oxygen atoms in total. The predicted molar refractivity (Wildman–Crippen MR) is 78.3 cm³/mol. The largest absolute Gasteiger partial charge is 0.383 e. The van der Waals surface area contributed by atoms with Crippen LogP contribution in [0.25, 0.3) is 0 Å². The summed E-state index contributed by atoms with van der Waals surface area (Å²) in [6, 6.07) is 8.84. The lowest BCUT2D eigenvalue weighted by Gasteiger charge is -2.29. The van der Waals surface area contributed by atoms with Gasteiger partial charge in [-0.05, 0) is 33.0 Å². The molecule has 1 aromatic rings. The molecule has 108 valence electrons. The number of hydrogen-bond donors (Lipinski definition) is 1. The van der Waals surface area contributed by atoms with Crippen LogP contribution in [-0.4, -0.2) is 43.7 Å². The highest BCUT2D eigenvalue weighted by Gasteiger charge is 2.22. The second-order valence-electron chi connectivity index (χ2n) is 4.79. The molecule has 0 heterocycles. The van der Waals surface area contributed by atoms with Crippen molar-refractivity contribution in [3.05, 3.63) is 29.8 Å². The molecule has 1 N–H and O–H groups in total. The van der Waals surface area contributed by atoms with Gasteiger partial charge in [0.1, 0.15) is 6.07 Å². The highest BCUT2D eigenvalue weighted by Crippen LogP contribution is 2.15. The lowest BCUT2D eigenvalue weighted by Crippen LogP contribution is -2.45. The Morgan fingerprint density at radius 3 is 2.70 bits per heavy atom. The van der Waals surface area contributed by atoms with Gasteiger partial charge in [-0.25, -0.2) is 0 Å². The van der Waals surface area contributed by atoms with Crippen LogP contribution >= 0.6 is 0 Å². The Balaban J connectivity index is 2.73. The van der Waals surface area contributed by atoms with E-state index in [2.05, 4.69) is 11.4 Å². The second-order valence-corrected chi connectivity index (χ2v) is 4.79. The van der Waals surface area contributed by atoms with Gasteiger partial charge < -0.3 is 10.1 Å². The number of hydrogen-bond acceptors (Lipinski definition) is 4. The average molecular weight is 275 g/mol. The molecule has 0 spiro atoms. The second kappa shape index (κ2) is 7.63. The number of likely N-dealkylation sites (N-methyl/N-ethyl adjacent to an activating group) is 1. The lowest BCUT2D eigenvalue weighted by molar-refractivity contribution is -0.121. The van der Waals surface area contributed by atoms with Crippen LogP contribution in [-0.2, 0) is 9.53 Å². The first-order valence-electron chi connectivity index (χ1n) is 6.52. The molecule has 5 heteroatoms. The lowest BCUT2D eigenvalue weighted by atomic mass is 10.1. The molecular weight excluding hydrogens is 254 g/mol. The van der Waals surface area contributed by atoms with Crippen molar-refractivity contribution in [2.24, 2.45) is 0 Å². The quantitative estimate of drug-likeness (QED) is 0.860. The molecule has 1 aromatic carbocycles. The number of nitriles is 1. The van der Waals surface area contributed by atoms with Gasteiger partial charge in [0, 0.05) is 13.2 Å². The number of nitrogens with one attached hydrogen (secondary N) is 1. The Bertz CT molecular complexity index is 496. The number of carbonyl (C=O) groups excluding carboxylic acids is 1. The number of benzene rings is 1. The summed E-state index contributed by atoms with van der Waals surface area (Å²) in [5, 5.41) is 11.8. The van der Waals surface area contributed by atoms with Crippen molar-refractivity contribution in [3.8, 4) is 6.07 Å². The number of anilines is 1. The van der Waals surface area contributed by atoms with E-state index in [-0.39, 0.29) is 18.0 Å². The summed E-state index contributed by atoms with van der Waals surface area (Å²) in [5.74, 6) is -0.141. The molecule has 0 fully saturated rings. The molecule has 0 radical (unpaired) electrons. The zero-order valence-electron chi connectivity index (χ0n) is 12.4. The number of nitrogens with zero attached hydrogens (tertiary/aromatic N) is 2. The van der Waals surface area contributed by atoms with E-state index in [1.165, 1.54) is 0 Å². The first kappa shape index (κ1) is 16.2. The van der Waals surface area contributed by atoms with E-state index in [9.17, 15) is 4.79 Å². The Morgan fingerprint density at radius 2 is 2.10 bits per heavy atom. The van der Waals surface area contributed by atoms with Crippen LogP contribution in [0.4, 0.5) is 5.69 Å². The first-order valence-corrected chi connectivity index (χ1v) is 6.52. The molecule has 0 aliphatic heterocycles. The van der Waals surface area contributed by atoms with E-state index in [0.717, 1.165) is 0 Å². The van der Waals surface area contributed by atoms with E-state index in [4.69, 9.17) is 10.00 Å². The average Bonchev–Trinajstić information content (AvgIpc) is 2.46. The number of ether oxygens (including phenoxy) is 1. The number of methoxy groups -OCH3 is 1. The van der Waals surface area contributed by atoms with Gasteiger partial charge in [-0.3, -0.25) is 9.69 Å². The Morgan fingerprint density at radius 1 is 1.45 bits per heavy atom. The molecule has 0 aromatic heterocycles. The molecule has 0 aliphatic carbocycles. The topological polar surface area (TPSA) is 65.4 Å². The van der Waals surface area contributed by atoms with Crippen molar-refractivity contribution in [1.82, 2.24) is 4.90 Å². The van der Waals surface area contributed by atoms with E-state index >= 15 is 0 Å². The van der Waals surface area contributed by atoms with Crippen molar-refractivity contribution >= 4 is 11.6 Å². The van der Waals surface area contributed by atoms with Gasteiger partial charge >= 0.3 is 0 Å². The number of para-hydroxylation sites is 1. The molecule has 2 unspecified atom stereocenters. The van der Waals surface area contributed by atoms with Crippen molar-refractivity contribution < 1.29 is 9.53 Å². The third kappa shape index (κ3) is 4.05. The third-order valence-corrected chi connectivity index (χ3v) is 3.40. The van der Waals surface area contributed by atoms with E-state index < -0.39 is 0 Å². The van der Waals surface area contributed by atoms with Gasteiger partial charge in [0.25, 0.3) is 0 Å². The van der Waals surface area contributed by atoms with Crippen LogP contribution in [0.5, 0.6) is 0 Å². The third-order valence-electron chi connectivity index (χ3n) is 3.40. The molecule has 1 rings (SSSR count). The fraction of sp³-hybridized carbons (Fsp3) is 0.467. The van der Waals surface area contributed by atoms with Gasteiger partial charge in [-0.1, -0.05) is 12.1 Å². The van der Waals surface area contributed by atoms with Crippen LogP contribution < -0.4 is 5.32 Å². The number of carbonyl (C=O) groups is 1. The summed E-state index contributed by atoms with van der Waals surface area (Å²) >= 11 is 0. The van der Waals surface area contributed by atoms with E-state index in [1.54, 1.807) is 31.4 Å². The van der Waals surface area contributed by atoms with Crippen molar-refractivity contribution in [3.63, 3.8) is 0 Å². The molecule has 0 bridgehead atoms. The standard InChI is InChI=1S/C15H21N3O2/c1-11(10-20-4)18(3)12(2)15(19)17-14-8-6-5-7-13(14)9-16/h5-8,11-12H,10H2,1-4H3,(H,17,19).